The van der Waals surface area contributed by atoms with Crippen molar-refractivity contribution in [3.05, 3.63) is 48.6 Å². The highest BCUT2D eigenvalue weighted by atomic mass is 16.5. The molecule has 0 saturated carbocycles. The van der Waals surface area contributed by atoms with Crippen LogP contribution >= 0.6 is 0 Å². The molecule has 0 bridgehead atoms. The number of allylic oxidation sites excluding steroid dienone is 6. The Morgan fingerprint density at radius 3 is 2.20 bits per heavy atom. The zero-order valence-electron chi connectivity index (χ0n) is 9.99. The molecule has 0 aromatic heterocycles. The van der Waals surface area contributed by atoms with Gasteiger partial charge in [0.05, 0.1) is 7.11 Å². The summed E-state index contributed by atoms with van der Waals surface area (Å²) in [6, 6.07) is 0. The van der Waals surface area contributed by atoms with Crippen LogP contribution in [0.4, 0.5) is 0 Å². The zero-order valence-corrected chi connectivity index (χ0v) is 9.99. The maximum Gasteiger partial charge on any atom is 0.330 e. The highest BCUT2D eigenvalue weighted by Crippen LogP contribution is 1.99. The third-order valence-electron chi connectivity index (χ3n) is 1.28. The van der Waals surface area contributed by atoms with Crippen LogP contribution in [-0.4, -0.2) is 13.1 Å². The fourth-order valence-electron chi connectivity index (χ4n) is 0.728. The molecule has 0 spiro atoms. The van der Waals surface area contributed by atoms with Gasteiger partial charge < -0.3 is 4.74 Å². The van der Waals surface area contributed by atoms with Gasteiger partial charge in [0.15, 0.2) is 0 Å². The van der Waals surface area contributed by atoms with Gasteiger partial charge in [-0.15, -0.1) is 0 Å². The van der Waals surface area contributed by atoms with E-state index in [2.05, 4.69) is 11.3 Å². The predicted molar refractivity (Wildman–Crippen MR) is 65.6 cm³/mol. The van der Waals surface area contributed by atoms with Gasteiger partial charge in [-0.3, -0.25) is 0 Å². The summed E-state index contributed by atoms with van der Waals surface area (Å²) in [7, 11) is 1.35. The van der Waals surface area contributed by atoms with E-state index in [1.165, 1.54) is 13.2 Å². The minimum atomic E-state index is -0.362. The van der Waals surface area contributed by atoms with Crippen LogP contribution in [0.25, 0.3) is 0 Å². The molecule has 0 aliphatic heterocycles. The number of rotatable bonds is 4. The van der Waals surface area contributed by atoms with Gasteiger partial charge in [-0.05, 0) is 18.6 Å². The maximum atomic E-state index is 10.7. The molecule has 0 N–H and O–H groups in total. The first-order valence-electron chi connectivity index (χ1n) is 4.96. The summed E-state index contributed by atoms with van der Waals surface area (Å²) in [5.41, 5.74) is 0.905. The first-order chi connectivity index (χ1) is 7.24. The average Bonchev–Trinajstić information content (AvgIpc) is 2.28. The van der Waals surface area contributed by atoms with Crippen LogP contribution in [0.15, 0.2) is 48.6 Å². The lowest BCUT2D eigenvalue weighted by molar-refractivity contribution is -0.134. The third kappa shape index (κ3) is 10.4. The number of methoxy groups -OCH3 is 1. The van der Waals surface area contributed by atoms with Crippen molar-refractivity contribution >= 4 is 5.97 Å². The predicted octanol–water partition coefficient (Wildman–Crippen LogP) is 3.43. The smallest absolute Gasteiger partial charge is 0.330 e. The Hall–Kier alpha value is -1.57. The van der Waals surface area contributed by atoms with Gasteiger partial charge >= 0.3 is 5.97 Å². The molecule has 0 aliphatic carbocycles. The number of esters is 1. The molecule has 0 saturated heterocycles. The number of hydrogen-bond acceptors (Lipinski definition) is 2. The SMILES string of the molecule is C=C/C=C(\C=C/C)/C=C/C(=O)OC.CC. The molecule has 0 aromatic carbocycles. The van der Waals surface area contributed by atoms with E-state index in [4.69, 9.17) is 0 Å². The Morgan fingerprint density at radius 2 is 1.80 bits per heavy atom. The van der Waals surface area contributed by atoms with Crippen molar-refractivity contribution in [1.29, 1.82) is 0 Å². The van der Waals surface area contributed by atoms with Crippen molar-refractivity contribution in [2.45, 2.75) is 20.8 Å². The van der Waals surface area contributed by atoms with Crippen LogP contribution in [0.3, 0.4) is 0 Å². The second-order valence-corrected chi connectivity index (χ2v) is 2.26. The lowest BCUT2D eigenvalue weighted by Gasteiger charge is -1.91. The fourth-order valence-corrected chi connectivity index (χ4v) is 0.728. The molecular weight excluding hydrogens is 188 g/mol. The lowest BCUT2D eigenvalue weighted by Crippen LogP contribution is -1.93. The number of carbonyl (C=O) groups is 1. The second-order valence-electron chi connectivity index (χ2n) is 2.26. The van der Waals surface area contributed by atoms with Gasteiger partial charge in [-0.25, -0.2) is 4.79 Å². The quantitative estimate of drug-likeness (QED) is 0.402. The maximum absolute atomic E-state index is 10.7. The monoisotopic (exact) mass is 208 g/mol. The summed E-state index contributed by atoms with van der Waals surface area (Å²) >= 11 is 0. The summed E-state index contributed by atoms with van der Waals surface area (Å²) in [5, 5.41) is 0. The summed E-state index contributed by atoms with van der Waals surface area (Å²) in [4.78, 5) is 10.7. The first-order valence-corrected chi connectivity index (χ1v) is 4.96. The van der Waals surface area contributed by atoms with E-state index in [1.54, 1.807) is 18.2 Å². The molecule has 0 radical (unpaired) electrons. The van der Waals surface area contributed by atoms with Gasteiger partial charge in [-0.2, -0.15) is 0 Å². The molecular formula is C13H20O2. The van der Waals surface area contributed by atoms with Crippen molar-refractivity contribution in [2.75, 3.05) is 7.11 Å². The normalized spacial score (nSPS) is 11.1. The van der Waals surface area contributed by atoms with Crippen LogP contribution in [0.5, 0.6) is 0 Å². The van der Waals surface area contributed by atoms with Gasteiger partial charge in [0.1, 0.15) is 0 Å². The lowest BCUT2D eigenvalue weighted by atomic mass is 10.2. The van der Waals surface area contributed by atoms with Crippen molar-refractivity contribution in [1.82, 2.24) is 0 Å². The molecule has 0 rings (SSSR count). The van der Waals surface area contributed by atoms with E-state index in [-0.39, 0.29) is 5.97 Å². The van der Waals surface area contributed by atoms with E-state index in [0.717, 1.165) is 5.57 Å². The van der Waals surface area contributed by atoms with E-state index in [0.29, 0.717) is 0 Å². The topological polar surface area (TPSA) is 26.3 Å². The Labute approximate surface area is 92.6 Å². The van der Waals surface area contributed by atoms with Gasteiger partial charge in [-0.1, -0.05) is 44.7 Å². The Bertz CT molecular complexity index is 258. The van der Waals surface area contributed by atoms with E-state index >= 15 is 0 Å². The molecule has 0 fully saturated rings. The van der Waals surface area contributed by atoms with Crippen LogP contribution in [0.1, 0.15) is 20.8 Å². The average molecular weight is 208 g/mol. The molecule has 2 heteroatoms. The van der Waals surface area contributed by atoms with E-state index in [1.807, 2.05) is 32.9 Å². The molecule has 0 aromatic rings. The molecule has 15 heavy (non-hydrogen) atoms. The Morgan fingerprint density at radius 1 is 1.20 bits per heavy atom. The molecule has 84 valence electrons. The van der Waals surface area contributed by atoms with Crippen molar-refractivity contribution in [2.24, 2.45) is 0 Å². The molecule has 0 heterocycles. The highest BCUT2D eigenvalue weighted by molar-refractivity contribution is 5.82. The van der Waals surface area contributed by atoms with E-state index in [9.17, 15) is 4.79 Å². The fraction of sp³-hybridized carbons (Fsp3) is 0.308. The highest BCUT2D eigenvalue weighted by Gasteiger charge is 1.90. The third-order valence-corrected chi connectivity index (χ3v) is 1.28. The minimum Gasteiger partial charge on any atom is -0.466 e. The van der Waals surface area contributed by atoms with Crippen molar-refractivity contribution in [3.8, 4) is 0 Å². The molecule has 0 amide bonds. The molecule has 0 aliphatic rings. The van der Waals surface area contributed by atoms with Gasteiger partial charge in [0.25, 0.3) is 0 Å². The molecule has 0 atom stereocenters. The molecule has 0 unspecified atom stereocenters. The van der Waals surface area contributed by atoms with Gasteiger partial charge in [0, 0.05) is 6.08 Å². The Kier molecular flexibility index (Phi) is 13.2. The largest absolute Gasteiger partial charge is 0.466 e. The summed E-state index contributed by atoms with van der Waals surface area (Å²) in [6.07, 6.45) is 10.3. The zero-order chi connectivity index (χ0) is 12.1. The van der Waals surface area contributed by atoms with Crippen LogP contribution in [-0.2, 0) is 9.53 Å². The van der Waals surface area contributed by atoms with Crippen molar-refractivity contribution < 1.29 is 9.53 Å². The summed E-state index contributed by atoms with van der Waals surface area (Å²) < 4.78 is 4.45. The first kappa shape index (κ1) is 15.9. The number of carbonyl (C=O) groups excluding carboxylic acids is 1. The summed E-state index contributed by atoms with van der Waals surface area (Å²) in [6.45, 7) is 9.48. The molecule has 2 nitrogen and oxygen atoms in total. The van der Waals surface area contributed by atoms with Crippen LogP contribution in [0.2, 0.25) is 0 Å². The number of hydrogen-bond donors (Lipinski definition) is 0. The second kappa shape index (κ2) is 12.4. The summed E-state index contributed by atoms with van der Waals surface area (Å²) in [5.74, 6) is -0.362. The standard InChI is InChI=1S/C11H14O2.C2H6/c1-4-6-10(7-5-2)8-9-11(12)13-3;1-2/h4-9H,1H2,2-3H3;1-2H3/b7-5-,9-8+,10-6+;. The van der Waals surface area contributed by atoms with Crippen LogP contribution < -0.4 is 0 Å². The van der Waals surface area contributed by atoms with E-state index < -0.39 is 0 Å². The Balaban J connectivity index is 0. The van der Waals surface area contributed by atoms with Crippen molar-refractivity contribution in [3.63, 3.8) is 0 Å². The minimum absolute atomic E-state index is 0.362. The number of ether oxygens (including phenoxy) is 1. The van der Waals surface area contributed by atoms with Crippen LogP contribution in [0, 0.1) is 0 Å². The van der Waals surface area contributed by atoms with Gasteiger partial charge in [0.2, 0.25) is 0 Å².